The molecule has 0 bridgehead atoms. The molecule has 0 spiro atoms. The lowest BCUT2D eigenvalue weighted by molar-refractivity contribution is -0.133. The van der Waals surface area contributed by atoms with Gasteiger partial charge in [-0.2, -0.15) is 5.26 Å². The van der Waals surface area contributed by atoms with Crippen LogP contribution in [-0.4, -0.2) is 37.4 Å². The first-order valence-corrected chi connectivity index (χ1v) is 4.21. The second-order valence-electron chi connectivity index (χ2n) is 3.71. The van der Waals surface area contributed by atoms with Crippen LogP contribution in [0, 0.1) is 16.7 Å². The molecule has 0 rings (SSSR count). The molecular formula is C9H15N3O2. The van der Waals surface area contributed by atoms with Crippen LogP contribution in [0.3, 0.4) is 0 Å². The number of nitriles is 1. The Balaban J connectivity index is 4.12. The van der Waals surface area contributed by atoms with Crippen molar-refractivity contribution in [3.05, 3.63) is 0 Å². The van der Waals surface area contributed by atoms with E-state index in [0.717, 1.165) is 0 Å². The van der Waals surface area contributed by atoms with Crippen molar-refractivity contribution in [2.45, 2.75) is 13.8 Å². The van der Waals surface area contributed by atoms with E-state index in [0.29, 0.717) is 0 Å². The molecule has 0 aliphatic carbocycles. The summed E-state index contributed by atoms with van der Waals surface area (Å²) in [6, 6.07) is 1.86. The van der Waals surface area contributed by atoms with Crippen molar-refractivity contribution in [3.8, 4) is 6.07 Å². The van der Waals surface area contributed by atoms with Crippen LogP contribution in [0.4, 0.5) is 0 Å². The summed E-state index contributed by atoms with van der Waals surface area (Å²) in [5.74, 6) is -0.637. The molecule has 0 aliphatic heterocycles. The molecule has 0 aromatic rings. The smallest absolute Gasteiger partial charge is 0.241 e. The van der Waals surface area contributed by atoms with Crippen molar-refractivity contribution in [1.82, 2.24) is 10.2 Å². The van der Waals surface area contributed by atoms with E-state index in [-0.39, 0.29) is 12.5 Å². The maximum absolute atomic E-state index is 11.3. The van der Waals surface area contributed by atoms with E-state index >= 15 is 0 Å². The Labute approximate surface area is 83.7 Å². The van der Waals surface area contributed by atoms with Crippen LogP contribution in [0.5, 0.6) is 0 Å². The van der Waals surface area contributed by atoms with Gasteiger partial charge in [0.05, 0.1) is 12.6 Å². The Morgan fingerprint density at radius 3 is 2.29 bits per heavy atom. The molecule has 0 aromatic carbocycles. The van der Waals surface area contributed by atoms with Crippen molar-refractivity contribution in [2.75, 3.05) is 20.6 Å². The molecule has 0 saturated carbocycles. The normalized spacial score (nSPS) is 10.2. The second-order valence-corrected chi connectivity index (χ2v) is 3.71. The first kappa shape index (κ1) is 12.4. The topological polar surface area (TPSA) is 73.2 Å². The Morgan fingerprint density at radius 1 is 1.43 bits per heavy atom. The van der Waals surface area contributed by atoms with Gasteiger partial charge in [-0.25, -0.2) is 0 Å². The second kappa shape index (κ2) is 4.61. The molecule has 0 aliphatic rings. The quantitative estimate of drug-likeness (QED) is 0.677. The fourth-order valence-electron chi connectivity index (χ4n) is 0.586. The fraction of sp³-hybridized carbons (Fsp3) is 0.667. The van der Waals surface area contributed by atoms with E-state index in [2.05, 4.69) is 5.32 Å². The Hall–Kier alpha value is -1.57. The van der Waals surface area contributed by atoms with Gasteiger partial charge in [0.1, 0.15) is 5.41 Å². The first-order valence-electron chi connectivity index (χ1n) is 4.21. The Kier molecular flexibility index (Phi) is 4.09. The molecule has 2 amide bonds. The lowest BCUT2D eigenvalue weighted by Gasteiger charge is -2.16. The van der Waals surface area contributed by atoms with E-state index in [1.165, 1.54) is 18.7 Å². The zero-order valence-electron chi connectivity index (χ0n) is 8.92. The van der Waals surface area contributed by atoms with Crippen molar-refractivity contribution >= 4 is 11.8 Å². The number of rotatable bonds is 3. The predicted octanol–water partition coefficient (Wildman–Crippen LogP) is -0.259. The van der Waals surface area contributed by atoms with E-state index in [9.17, 15) is 9.59 Å². The third kappa shape index (κ3) is 3.44. The lowest BCUT2D eigenvalue weighted by atomic mass is 9.95. The highest BCUT2D eigenvalue weighted by Gasteiger charge is 2.27. The van der Waals surface area contributed by atoms with Gasteiger partial charge in [-0.1, -0.05) is 0 Å². The third-order valence-electron chi connectivity index (χ3n) is 1.75. The minimum absolute atomic E-state index is 0.0725. The summed E-state index contributed by atoms with van der Waals surface area (Å²) in [5, 5.41) is 11.0. The minimum Gasteiger partial charge on any atom is -0.347 e. The van der Waals surface area contributed by atoms with E-state index < -0.39 is 11.3 Å². The molecular weight excluding hydrogens is 182 g/mol. The van der Waals surface area contributed by atoms with Gasteiger partial charge in [0.2, 0.25) is 11.8 Å². The highest BCUT2D eigenvalue weighted by atomic mass is 16.2. The summed E-state index contributed by atoms with van der Waals surface area (Å²) in [4.78, 5) is 23.8. The molecule has 5 heteroatoms. The summed E-state index contributed by atoms with van der Waals surface area (Å²) < 4.78 is 0. The molecule has 78 valence electrons. The van der Waals surface area contributed by atoms with Crippen molar-refractivity contribution in [2.24, 2.45) is 5.41 Å². The molecule has 0 fully saturated rings. The van der Waals surface area contributed by atoms with E-state index in [4.69, 9.17) is 5.26 Å². The maximum Gasteiger partial charge on any atom is 0.241 e. The number of carbonyl (C=O) groups excluding carboxylic acids is 2. The van der Waals surface area contributed by atoms with Gasteiger partial charge in [-0.3, -0.25) is 9.59 Å². The Morgan fingerprint density at radius 2 is 1.93 bits per heavy atom. The lowest BCUT2D eigenvalue weighted by Crippen LogP contribution is -2.41. The summed E-state index contributed by atoms with van der Waals surface area (Å²) in [6.45, 7) is 2.93. The van der Waals surface area contributed by atoms with Crippen LogP contribution >= 0.6 is 0 Å². The number of hydrogen-bond acceptors (Lipinski definition) is 3. The molecule has 0 radical (unpaired) electrons. The zero-order valence-corrected chi connectivity index (χ0v) is 8.92. The van der Waals surface area contributed by atoms with Crippen molar-refractivity contribution in [3.63, 3.8) is 0 Å². The van der Waals surface area contributed by atoms with Gasteiger partial charge in [0.25, 0.3) is 0 Å². The van der Waals surface area contributed by atoms with Crippen LogP contribution in [0.25, 0.3) is 0 Å². The van der Waals surface area contributed by atoms with Gasteiger partial charge in [0, 0.05) is 14.1 Å². The van der Waals surface area contributed by atoms with Gasteiger partial charge in [-0.15, -0.1) is 0 Å². The number of nitrogens with one attached hydrogen (secondary N) is 1. The molecule has 0 saturated heterocycles. The number of amides is 2. The SMILES string of the molecule is CN(C)C(=O)CNC(=O)C(C)(C)C#N. The molecule has 0 unspecified atom stereocenters. The average Bonchev–Trinajstić information content (AvgIpc) is 2.13. The molecule has 14 heavy (non-hydrogen) atoms. The van der Waals surface area contributed by atoms with Gasteiger partial charge in [-0.05, 0) is 13.8 Å². The maximum atomic E-state index is 11.3. The molecule has 5 nitrogen and oxygen atoms in total. The van der Waals surface area contributed by atoms with Crippen LogP contribution < -0.4 is 5.32 Å². The van der Waals surface area contributed by atoms with Crippen molar-refractivity contribution < 1.29 is 9.59 Å². The average molecular weight is 197 g/mol. The number of likely N-dealkylation sites (N-methyl/N-ethyl adjacent to an activating group) is 1. The Bertz CT molecular complexity index is 276. The highest BCUT2D eigenvalue weighted by molar-refractivity contribution is 5.88. The van der Waals surface area contributed by atoms with Crippen LogP contribution in [0.1, 0.15) is 13.8 Å². The zero-order chi connectivity index (χ0) is 11.4. The van der Waals surface area contributed by atoms with Gasteiger partial charge >= 0.3 is 0 Å². The summed E-state index contributed by atoms with van der Waals surface area (Å²) in [5.41, 5.74) is -1.09. The molecule has 0 heterocycles. The fourth-order valence-corrected chi connectivity index (χ4v) is 0.586. The largest absolute Gasteiger partial charge is 0.347 e. The number of nitrogens with zero attached hydrogens (tertiary/aromatic N) is 2. The molecule has 0 aromatic heterocycles. The van der Waals surface area contributed by atoms with Crippen LogP contribution in [0.15, 0.2) is 0 Å². The summed E-state index contributed by atoms with van der Waals surface area (Å²) in [6.07, 6.45) is 0. The molecule has 1 N–H and O–H groups in total. The minimum atomic E-state index is -1.09. The third-order valence-corrected chi connectivity index (χ3v) is 1.75. The van der Waals surface area contributed by atoms with Gasteiger partial charge in [0.15, 0.2) is 0 Å². The molecule has 0 atom stereocenters. The predicted molar refractivity (Wildman–Crippen MR) is 51.1 cm³/mol. The van der Waals surface area contributed by atoms with Crippen LogP contribution in [-0.2, 0) is 9.59 Å². The van der Waals surface area contributed by atoms with E-state index in [1.807, 2.05) is 6.07 Å². The van der Waals surface area contributed by atoms with Gasteiger partial charge < -0.3 is 10.2 Å². The number of hydrogen-bond donors (Lipinski definition) is 1. The monoisotopic (exact) mass is 197 g/mol. The summed E-state index contributed by atoms with van der Waals surface area (Å²) >= 11 is 0. The summed E-state index contributed by atoms with van der Waals surface area (Å²) in [7, 11) is 3.20. The highest BCUT2D eigenvalue weighted by Crippen LogP contribution is 2.12. The van der Waals surface area contributed by atoms with Crippen molar-refractivity contribution in [1.29, 1.82) is 5.26 Å². The van der Waals surface area contributed by atoms with E-state index in [1.54, 1.807) is 14.1 Å². The van der Waals surface area contributed by atoms with Crippen LogP contribution in [0.2, 0.25) is 0 Å². The number of carbonyl (C=O) groups is 2. The standard InChI is InChI=1S/C9H15N3O2/c1-9(2,6-10)8(14)11-5-7(13)12(3)4/h5H2,1-4H3,(H,11,14). The first-order chi connectivity index (χ1) is 6.31.